The second-order valence-electron chi connectivity index (χ2n) is 3.22. The monoisotopic (exact) mass is 220 g/mol. The summed E-state index contributed by atoms with van der Waals surface area (Å²) in [5.41, 5.74) is 0. The van der Waals surface area contributed by atoms with Gasteiger partial charge in [0.25, 0.3) is 0 Å². The van der Waals surface area contributed by atoms with Crippen molar-refractivity contribution in [1.82, 2.24) is 9.21 Å². The van der Waals surface area contributed by atoms with Gasteiger partial charge in [0.2, 0.25) is 0 Å². The fraction of sp³-hybridized carbons (Fsp3) is 0.750. The van der Waals surface area contributed by atoms with Crippen molar-refractivity contribution < 1.29 is 12.6 Å². The molecule has 0 aliphatic carbocycles. The molecule has 0 spiro atoms. The molecule has 0 fully saturated rings. The molecule has 1 aliphatic rings. The largest absolute Gasteiger partial charge is 0.363 e. The minimum Gasteiger partial charge on any atom is -0.361 e. The highest BCUT2D eigenvalue weighted by molar-refractivity contribution is 7.84. The first kappa shape index (κ1) is 11.3. The molecule has 5 nitrogen and oxygen atoms in total. The smallest absolute Gasteiger partial charge is 0.361 e. The molecule has 0 bridgehead atoms. The molecular formula is C8H16N2O3S. The minimum atomic E-state index is -3.56. The Kier molecular flexibility index (Phi) is 3.77. The first-order chi connectivity index (χ1) is 6.56. The van der Waals surface area contributed by atoms with E-state index in [9.17, 15) is 8.42 Å². The third kappa shape index (κ3) is 2.88. The van der Waals surface area contributed by atoms with Crippen LogP contribution in [0, 0.1) is 0 Å². The van der Waals surface area contributed by atoms with Crippen LogP contribution in [0.15, 0.2) is 12.4 Å². The highest BCUT2D eigenvalue weighted by Gasteiger charge is 2.23. The van der Waals surface area contributed by atoms with E-state index in [1.165, 1.54) is 10.5 Å². The lowest BCUT2D eigenvalue weighted by molar-refractivity contribution is 0.269. The molecular weight excluding hydrogens is 204 g/mol. The summed E-state index contributed by atoms with van der Waals surface area (Å²) in [6.45, 7) is 2.57. The van der Waals surface area contributed by atoms with Crippen molar-refractivity contribution in [3.8, 4) is 0 Å². The van der Waals surface area contributed by atoms with Gasteiger partial charge < -0.3 is 4.90 Å². The molecule has 14 heavy (non-hydrogen) atoms. The van der Waals surface area contributed by atoms with Gasteiger partial charge in [0.15, 0.2) is 0 Å². The molecule has 0 unspecified atom stereocenters. The highest BCUT2D eigenvalue weighted by Crippen LogP contribution is 2.11. The number of nitrogens with zero attached hydrogens (tertiary/aromatic N) is 2. The van der Waals surface area contributed by atoms with Crippen molar-refractivity contribution in [3.63, 3.8) is 0 Å². The van der Waals surface area contributed by atoms with Gasteiger partial charge in [-0.2, -0.15) is 8.42 Å². The van der Waals surface area contributed by atoms with Gasteiger partial charge in [0, 0.05) is 19.4 Å². The summed E-state index contributed by atoms with van der Waals surface area (Å²) in [6, 6.07) is 0. The van der Waals surface area contributed by atoms with E-state index in [0.717, 1.165) is 12.8 Å². The number of hydrogen-bond donors (Lipinski definition) is 0. The molecule has 0 aromatic carbocycles. The lowest BCUT2D eigenvalue weighted by Crippen LogP contribution is -2.30. The van der Waals surface area contributed by atoms with Crippen LogP contribution >= 0.6 is 0 Å². The van der Waals surface area contributed by atoms with Crippen molar-refractivity contribution in [2.24, 2.45) is 0 Å². The predicted molar refractivity (Wildman–Crippen MR) is 53.4 cm³/mol. The van der Waals surface area contributed by atoms with Crippen molar-refractivity contribution in [2.75, 3.05) is 20.3 Å². The number of unbranched alkanes of at least 4 members (excludes halogenated alkanes) is 1. The van der Waals surface area contributed by atoms with Crippen molar-refractivity contribution in [1.29, 1.82) is 0 Å². The molecule has 0 N–H and O–H groups in total. The van der Waals surface area contributed by atoms with Crippen LogP contribution in [0.1, 0.15) is 19.8 Å². The SMILES string of the molecule is CCCCOS(=O)(=O)N1C=CN(C)C1. The molecule has 1 heterocycles. The fourth-order valence-corrected chi connectivity index (χ4v) is 2.01. The minimum absolute atomic E-state index is 0.257. The van der Waals surface area contributed by atoms with Crippen molar-refractivity contribution in [2.45, 2.75) is 19.8 Å². The Bertz CT molecular complexity index is 300. The molecule has 0 saturated carbocycles. The van der Waals surface area contributed by atoms with Gasteiger partial charge in [-0.15, -0.1) is 0 Å². The molecule has 6 heteroatoms. The second-order valence-corrected chi connectivity index (χ2v) is 4.78. The molecule has 1 rings (SSSR count). The molecule has 0 amide bonds. The average Bonchev–Trinajstić information content (AvgIpc) is 2.53. The van der Waals surface area contributed by atoms with E-state index < -0.39 is 10.3 Å². The quantitative estimate of drug-likeness (QED) is 0.641. The van der Waals surface area contributed by atoms with Crippen LogP contribution in [0.2, 0.25) is 0 Å². The van der Waals surface area contributed by atoms with Crippen molar-refractivity contribution >= 4 is 10.3 Å². The lowest BCUT2D eigenvalue weighted by Gasteiger charge is -2.17. The Morgan fingerprint density at radius 2 is 2.14 bits per heavy atom. The Morgan fingerprint density at radius 3 is 2.64 bits per heavy atom. The van der Waals surface area contributed by atoms with E-state index in [4.69, 9.17) is 4.18 Å². The van der Waals surface area contributed by atoms with E-state index in [-0.39, 0.29) is 6.61 Å². The maximum atomic E-state index is 11.5. The van der Waals surface area contributed by atoms with Crippen LogP contribution in [-0.4, -0.2) is 37.9 Å². The lowest BCUT2D eigenvalue weighted by atomic mass is 10.4. The maximum Gasteiger partial charge on any atom is 0.363 e. The summed E-state index contributed by atoms with van der Waals surface area (Å²) in [6.07, 6.45) is 4.87. The highest BCUT2D eigenvalue weighted by atomic mass is 32.2. The topological polar surface area (TPSA) is 49.9 Å². The van der Waals surface area contributed by atoms with Crippen LogP contribution in [0.5, 0.6) is 0 Å². The van der Waals surface area contributed by atoms with Crippen LogP contribution < -0.4 is 0 Å². The summed E-state index contributed by atoms with van der Waals surface area (Å²) in [5, 5.41) is 0. The van der Waals surface area contributed by atoms with Gasteiger partial charge in [0.05, 0.1) is 6.61 Å². The molecule has 1 aliphatic heterocycles. The number of hydrogen-bond acceptors (Lipinski definition) is 4. The predicted octanol–water partition coefficient (Wildman–Crippen LogP) is 0.724. The summed E-state index contributed by atoms with van der Waals surface area (Å²) < 4.78 is 29.0. The maximum absolute atomic E-state index is 11.5. The molecule has 0 aromatic rings. The Morgan fingerprint density at radius 1 is 1.43 bits per heavy atom. The summed E-state index contributed by atoms with van der Waals surface area (Å²) in [5.74, 6) is 0. The van der Waals surface area contributed by atoms with Gasteiger partial charge in [-0.05, 0) is 6.42 Å². The third-order valence-corrected chi connectivity index (χ3v) is 3.14. The third-order valence-electron chi connectivity index (χ3n) is 1.87. The summed E-state index contributed by atoms with van der Waals surface area (Å²) >= 11 is 0. The normalized spacial score (nSPS) is 16.7. The van der Waals surface area contributed by atoms with Crippen LogP contribution in [0.3, 0.4) is 0 Å². The molecule has 0 saturated heterocycles. The second kappa shape index (κ2) is 4.65. The molecule has 0 atom stereocenters. The van der Waals surface area contributed by atoms with Gasteiger partial charge in [0.1, 0.15) is 6.67 Å². The average molecular weight is 220 g/mol. The molecule has 82 valence electrons. The van der Waals surface area contributed by atoms with Crippen LogP contribution in [0.25, 0.3) is 0 Å². The fourth-order valence-electron chi connectivity index (χ4n) is 1.02. The Balaban J connectivity index is 2.46. The zero-order valence-corrected chi connectivity index (χ0v) is 9.33. The zero-order valence-electron chi connectivity index (χ0n) is 8.51. The first-order valence-corrected chi connectivity index (χ1v) is 5.97. The standard InChI is InChI=1S/C8H16N2O3S/c1-3-4-7-13-14(11,12)10-6-5-9(2)8-10/h5-6H,3-4,7-8H2,1-2H3. The van der Waals surface area contributed by atoms with E-state index >= 15 is 0 Å². The zero-order chi connectivity index (χ0) is 10.6. The van der Waals surface area contributed by atoms with Gasteiger partial charge in [-0.3, -0.25) is 4.18 Å². The molecule has 0 radical (unpaired) electrons. The van der Waals surface area contributed by atoms with E-state index in [2.05, 4.69) is 0 Å². The van der Waals surface area contributed by atoms with Crippen molar-refractivity contribution in [3.05, 3.63) is 12.4 Å². The molecule has 0 aromatic heterocycles. The van der Waals surface area contributed by atoms with E-state index in [0.29, 0.717) is 6.67 Å². The van der Waals surface area contributed by atoms with Gasteiger partial charge in [-0.25, -0.2) is 4.31 Å². The summed E-state index contributed by atoms with van der Waals surface area (Å²) in [4.78, 5) is 1.76. The van der Waals surface area contributed by atoms with Gasteiger partial charge >= 0.3 is 10.3 Å². The van der Waals surface area contributed by atoms with Crippen LogP contribution in [-0.2, 0) is 14.5 Å². The van der Waals surface area contributed by atoms with E-state index in [1.54, 1.807) is 18.1 Å². The van der Waals surface area contributed by atoms with Gasteiger partial charge in [-0.1, -0.05) is 13.3 Å². The van der Waals surface area contributed by atoms with E-state index in [1.807, 2.05) is 6.92 Å². The number of rotatable bonds is 5. The Hall–Kier alpha value is -0.750. The first-order valence-electron chi connectivity index (χ1n) is 4.61. The summed E-state index contributed by atoms with van der Waals surface area (Å²) in [7, 11) is -1.76. The van der Waals surface area contributed by atoms with Crippen LogP contribution in [0.4, 0.5) is 0 Å². The Labute approximate surface area is 85.2 Å².